The molecule has 2 heterocycles. The number of nitrogens with two attached hydrogens (primary N) is 1. The largest absolute Gasteiger partial charge is 0.494 e. The Labute approximate surface area is 193 Å². The summed E-state index contributed by atoms with van der Waals surface area (Å²) in [5, 5.41) is 0. The van der Waals surface area contributed by atoms with Crippen LogP contribution >= 0.6 is 0 Å². The number of nitrogens with zero attached hydrogens (tertiary/aromatic N) is 2. The first-order valence-electron chi connectivity index (χ1n) is 11.3. The molecule has 2 aromatic carbocycles. The minimum atomic E-state index is -4.44. The summed E-state index contributed by atoms with van der Waals surface area (Å²) in [6, 6.07) is 12.7. The minimum absolute atomic E-state index is 0.0759. The van der Waals surface area contributed by atoms with Crippen LogP contribution in [-0.2, 0) is 9.31 Å². The lowest BCUT2D eigenvalue weighted by Crippen LogP contribution is -2.46. The number of rotatable bonds is 4. The van der Waals surface area contributed by atoms with Gasteiger partial charge in [-0.25, -0.2) is 0 Å². The number of anilines is 2. The highest BCUT2D eigenvalue weighted by Gasteiger charge is 2.51. The SMILES string of the molecule is CC1(C)OB(c2ccc(N3CCN(c4ccc(C(N)C(F)(F)F)cc4)CC3)cc2)OC1(C)C. The predicted molar refractivity (Wildman–Crippen MR) is 126 cm³/mol. The molecule has 0 amide bonds. The third-order valence-electron chi connectivity index (χ3n) is 7.03. The maximum absolute atomic E-state index is 12.8. The summed E-state index contributed by atoms with van der Waals surface area (Å²) >= 11 is 0. The highest BCUT2D eigenvalue weighted by atomic mass is 19.4. The summed E-state index contributed by atoms with van der Waals surface area (Å²) in [5.74, 6) is 0. The molecule has 9 heteroatoms. The van der Waals surface area contributed by atoms with Crippen LogP contribution in [0.3, 0.4) is 0 Å². The van der Waals surface area contributed by atoms with Crippen LogP contribution in [0.5, 0.6) is 0 Å². The first-order chi connectivity index (χ1) is 15.4. The molecule has 4 rings (SSSR count). The van der Waals surface area contributed by atoms with Crippen molar-refractivity contribution in [1.82, 2.24) is 0 Å². The van der Waals surface area contributed by atoms with Gasteiger partial charge < -0.3 is 24.8 Å². The zero-order chi connectivity index (χ0) is 24.0. The molecule has 2 fully saturated rings. The standard InChI is InChI=1S/C24H31BF3N3O2/c1-22(2)23(3,4)33-25(32-22)18-7-11-20(12-8-18)31-15-13-30(14-16-31)19-9-5-17(6-10-19)21(29)24(26,27)28/h5-12,21H,13-16,29H2,1-4H3. The first-order valence-corrected chi connectivity index (χ1v) is 11.3. The highest BCUT2D eigenvalue weighted by Crippen LogP contribution is 2.36. The van der Waals surface area contributed by atoms with Crippen LogP contribution in [0.25, 0.3) is 0 Å². The summed E-state index contributed by atoms with van der Waals surface area (Å²) in [6.45, 7) is 11.4. The molecule has 33 heavy (non-hydrogen) atoms. The fraction of sp³-hybridized carbons (Fsp3) is 0.500. The van der Waals surface area contributed by atoms with Gasteiger partial charge in [-0.2, -0.15) is 13.2 Å². The summed E-state index contributed by atoms with van der Waals surface area (Å²) in [4.78, 5) is 4.48. The van der Waals surface area contributed by atoms with Crippen molar-refractivity contribution in [2.75, 3.05) is 36.0 Å². The van der Waals surface area contributed by atoms with E-state index in [1.54, 1.807) is 12.1 Å². The van der Waals surface area contributed by atoms with E-state index in [-0.39, 0.29) is 23.9 Å². The minimum Gasteiger partial charge on any atom is -0.399 e. The Morgan fingerprint density at radius 3 is 1.58 bits per heavy atom. The monoisotopic (exact) mass is 461 g/mol. The molecule has 0 aromatic heterocycles. The van der Waals surface area contributed by atoms with E-state index >= 15 is 0 Å². The lowest BCUT2D eigenvalue weighted by Gasteiger charge is -2.37. The second-order valence-corrected chi connectivity index (χ2v) is 9.76. The molecular weight excluding hydrogens is 430 g/mol. The third-order valence-corrected chi connectivity index (χ3v) is 7.03. The van der Waals surface area contributed by atoms with Crippen molar-refractivity contribution in [1.29, 1.82) is 0 Å². The van der Waals surface area contributed by atoms with Crippen molar-refractivity contribution in [2.45, 2.75) is 51.1 Å². The van der Waals surface area contributed by atoms with Crippen LogP contribution in [0.1, 0.15) is 39.3 Å². The Morgan fingerprint density at radius 2 is 1.18 bits per heavy atom. The van der Waals surface area contributed by atoms with Gasteiger partial charge in [0.1, 0.15) is 6.04 Å². The summed E-state index contributed by atoms with van der Waals surface area (Å²) in [6.07, 6.45) is -4.44. The quantitative estimate of drug-likeness (QED) is 0.701. The molecule has 2 aliphatic heterocycles. The molecule has 2 saturated heterocycles. The van der Waals surface area contributed by atoms with Gasteiger partial charge in [0.2, 0.25) is 0 Å². The van der Waals surface area contributed by atoms with Crippen molar-refractivity contribution < 1.29 is 22.5 Å². The van der Waals surface area contributed by atoms with E-state index in [1.165, 1.54) is 12.1 Å². The molecule has 2 N–H and O–H groups in total. The summed E-state index contributed by atoms with van der Waals surface area (Å²) in [7, 11) is -0.380. The number of halogens is 3. The van der Waals surface area contributed by atoms with E-state index in [9.17, 15) is 13.2 Å². The second-order valence-electron chi connectivity index (χ2n) is 9.76. The van der Waals surface area contributed by atoms with Crippen LogP contribution in [0, 0.1) is 0 Å². The Balaban J connectivity index is 1.35. The number of piperazine rings is 1. The van der Waals surface area contributed by atoms with Gasteiger partial charge in [0, 0.05) is 37.6 Å². The normalized spacial score (nSPS) is 21.4. The van der Waals surface area contributed by atoms with E-state index < -0.39 is 12.2 Å². The molecule has 1 atom stereocenters. The van der Waals surface area contributed by atoms with Crippen LogP contribution in [0.4, 0.5) is 24.5 Å². The van der Waals surface area contributed by atoms with E-state index in [0.29, 0.717) is 0 Å². The lowest BCUT2D eigenvalue weighted by atomic mass is 9.79. The fourth-order valence-electron chi connectivity index (χ4n) is 4.13. The third kappa shape index (κ3) is 4.86. The molecule has 0 bridgehead atoms. The van der Waals surface area contributed by atoms with Gasteiger partial charge in [-0.05, 0) is 63.0 Å². The second kappa shape index (κ2) is 8.53. The van der Waals surface area contributed by atoms with E-state index in [0.717, 1.165) is 43.0 Å². The van der Waals surface area contributed by atoms with Crippen LogP contribution in [0.15, 0.2) is 48.5 Å². The number of benzene rings is 2. The van der Waals surface area contributed by atoms with Crippen LogP contribution in [0.2, 0.25) is 0 Å². The topological polar surface area (TPSA) is 51.0 Å². The van der Waals surface area contributed by atoms with E-state index in [4.69, 9.17) is 15.0 Å². The van der Waals surface area contributed by atoms with Crippen molar-refractivity contribution in [3.8, 4) is 0 Å². The van der Waals surface area contributed by atoms with Crippen molar-refractivity contribution in [3.05, 3.63) is 54.1 Å². The highest BCUT2D eigenvalue weighted by molar-refractivity contribution is 6.62. The Kier molecular flexibility index (Phi) is 6.18. The van der Waals surface area contributed by atoms with Gasteiger partial charge in [0.05, 0.1) is 11.2 Å². The maximum Gasteiger partial charge on any atom is 0.494 e. The molecule has 0 saturated carbocycles. The van der Waals surface area contributed by atoms with Gasteiger partial charge in [0.25, 0.3) is 0 Å². The Hall–Kier alpha value is -2.23. The molecule has 178 valence electrons. The maximum atomic E-state index is 12.8. The zero-order valence-electron chi connectivity index (χ0n) is 19.5. The Bertz CT molecular complexity index is 940. The Morgan fingerprint density at radius 1 is 0.788 bits per heavy atom. The van der Waals surface area contributed by atoms with Gasteiger partial charge in [-0.1, -0.05) is 24.3 Å². The molecule has 2 aliphatic rings. The predicted octanol–water partition coefficient (Wildman–Crippen LogP) is 3.87. The number of hydrogen-bond donors (Lipinski definition) is 1. The summed E-state index contributed by atoms with van der Waals surface area (Å²) < 4.78 is 50.7. The van der Waals surface area contributed by atoms with Crippen LogP contribution < -0.4 is 21.0 Å². The molecule has 0 aliphatic carbocycles. The van der Waals surface area contributed by atoms with Gasteiger partial charge in [0.15, 0.2) is 0 Å². The first kappa shape index (κ1) is 23.9. The molecule has 2 aromatic rings. The van der Waals surface area contributed by atoms with Crippen LogP contribution in [-0.4, -0.2) is 50.7 Å². The van der Waals surface area contributed by atoms with Crippen molar-refractivity contribution in [3.63, 3.8) is 0 Å². The zero-order valence-corrected chi connectivity index (χ0v) is 19.5. The number of alkyl halides is 3. The van der Waals surface area contributed by atoms with Gasteiger partial charge >= 0.3 is 13.3 Å². The van der Waals surface area contributed by atoms with Gasteiger partial charge in [-0.15, -0.1) is 0 Å². The summed E-state index contributed by atoms with van der Waals surface area (Å²) in [5.41, 5.74) is 7.66. The fourth-order valence-corrected chi connectivity index (χ4v) is 4.13. The smallest absolute Gasteiger partial charge is 0.399 e. The lowest BCUT2D eigenvalue weighted by molar-refractivity contribution is -0.149. The van der Waals surface area contributed by atoms with Crippen molar-refractivity contribution >= 4 is 24.0 Å². The molecular formula is C24H31BF3N3O2. The van der Waals surface area contributed by atoms with E-state index in [2.05, 4.69) is 21.9 Å². The average molecular weight is 461 g/mol. The average Bonchev–Trinajstić information content (AvgIpc) is 3.00. The molecule has 0 radical (unpaired) electrons. The number of hydrogen-bond acceptors (Lipinski definition) is 5. The van der Waals surface area contributed by atoms with Gasteiger partial charge in [-0.3, -0.25) is 0 Å². The van der Waals surface area contributed by atoms with E-state index in [1.807, 2.05) is 39.8 Å². The molecule has 5 nitrogen and oxygen atoms in total. The molecule has 0 spiro atoms. The molecule has 1 unspecified atom stereocenters. The van der Waals surface area contributed by atoms with Crippen molar-refractivity contribution in [2.24, 2.45) is 5.73 Å².